The molecule has 51 heavy (non-hydrogen) atoms. The van der Waals surface area contributed by atoms with Gasteiger partial charge in [0.1, 0.15) is 0 Å². The predicted molar refractivity (Wildman–Crippen MR) is 181 cm³/mol. The lowest BCUT2D eigenvalue weighted by molar-refractivity contribution is -0.384. The van der Waals surface area contributed by atoms with E-state index in [4.69, 9.17) is 0 Å². The van der Waals surface area contributed by atoms with Gasteiger partial charge in [0.2, 0.25) is 5.91 Å². The molecule has 0 bridgehead atoms. The molecule has 5 rings (SSSR count). The van der Waals surface area contributed by atoms with Gasteiger partial charge in [0.05, 0.1) is 22.1 Å². The van der Waals surface area contributed by atoms with Gasteiger partial charge in [-0.05, 0) is 74.1 Å². The Balaban J connectivity index is 0.00000583. The molecular weight excluding hydrogens is 704 g/mol. The van der Waals surface area contributed by atoms with Crippen molar-refractivity contribution in [3.8, 4) is 0 Å². The molecule has 1 saturated heterocycles. The first kappa shape index (κ1) is 38.9. The van der Waals surface area contributed by atoms with Crippen LogP contribution in [0.15, 0.2) is 79.0 Å². The predicted octanol–water partition coefficient (Wildman–Crippen LogP) is 7.18. The van der Waals surface area contributed by atoms with Crippen LogP contribution >= 0.6 is 12.4 Å². The number of nitrogens with zero attached hydrogens (tertiary/aromatic N) is 5. The van der Waals surface area contributed by atoms with E-state index in [-0.39, 0.29) is 50.2 Å². The number of carbonyl (C=O) groups is 2. The molecule has 16 heteroatoms. The Hall–Kier alpha value is -4.89. The van der Waals surface area contributed by atoms with Crippen LogP contribution in [-0.2, 0) is 30.1 Å². The van der Waals surface area contributed by atoms with Crippen LogP contribution in [0.5, 0.6) is 0 Å². The zero-order valence-electron chi connectivity index (χ0n) is 27.4. The minimum atomic E-state index is -5.13. The van der Waals surface area contributed by atoms with Crippen molar-refractivity contribution < 1.29 is 40.9 Å². The Labute approximate surface area is 295 Å². The molecule has 0 saturated carbocycles. The van der Waals surface area contributed by atoms with Crippen LogP contribution in [-0.4, -0.2) is 82.3 Å². The second-order valence-electron chi connectivity index (χ2n) is 12.3. The summed E-state index contributed by atoms with van der Waals surface area (Å²) in [5.41, 5.74) is -1.86. The monoisotopic (exact) mass is 737 g/mol. The molecule has 9 nitrogen and oxygen atoms in total. The Bertz CT molecular complexity index is 1890. The number of carbonyl (C=O) groups excluding carboxylic acids is 2. The van der Waals surface area contributed by atoms with Crippen molar-refractivity contribution in [1.82, 2.24) is 19.3 Å². The molecule has 1 atom stereocenters. The summed E-state index contributed by atoms with van der Waals surface area (Å²) in [6.07, 6.45) is -5.46. The third kappa shape index (κ3) is 9.27. The van der Waals surface area contributed by atoms with E-state index in [0.29, 0.717) is 30.8 Å². The van der Waals surface area contributed by atoms with Gasteiger partial charge in [0.25, 0.3) is 11.6 Å². The van der Waals surface area contributed by atoms with Crippen LogP contribution < -0.4 is 0 Å². The molecule has 2 amide bonds. The SMILES string of the molecule is CN(C)CCn1cc(C[C@@H]2CN(C(=O)/C=C/c3ccc([N+](=O)[O-])cc3)CCN2C(=O)c2cc(C(F)(F)F)cc(C(F)(F)F)c2)c2ccccc21.Cl. The summed E-state index contributed by atoms with van der Waals surface area (Å²) in [4.78, 5) is 42.3. The first-order valence-corrected chi connectivity index (χ1v) is 15.5. The van der Waals surface area contributed by atoms with Crippen molar-refractivity contribution in [2.45, 2.75) is 31.4 Å². The second-order valence-corrected chi connectivity index (χ2v) is 12.3. The molecule has 1 aliphatic heterocycles. The molecule has 4 aromatic rings. The minimum absolute atomic E-state index is 0. The normalized spacial score (nSPS) is 15.4. The highest BCUT2D eigenvalue weighted by Crippen LogP contribution is 2.37. The number of rotatable bonds is 9. The highest BCUT2D eigenvalue weighted by Gasteiger charge is 2.39. The van der Waals surface area contributed by atoms with Crippen LogP contribution in [0, 0.1) is 10.1 Å². The summed E-state index contributed by atoms with van der Waals surface area (Å²) < 4.78 is 84.1. The molecule has 2 heterocycles. The number of piperazine rings is 1. The number of hydrogen-bond acceptors (Lipinski definition) is 5. The fourth-order valence-electron chi connectivity index (χ4n) is 5.95. The zero-order chi connectivity index (χ0) is 36.4. The number of amides is 2. The quantitative estimate of drug-likeness (QED) is 0.0786. The number of nitro benzene ring substituents is 1. The zero-order valence-corrected chi connectivity index (χ0v) is 28.3. The minimum Gasteiger partial charge on any atom is -0.346 e. The number of fused-ring (bicyclic) bond motifs is 1. The number of aromatic nitrogens is 1. The molecule has 1 aromatic heterocycles. The van der Waals surface area contributed by atoms with E-state index in [9.17, 15) is 46.0 Å². The first-order chi connectivity index (χ1) is 23.5. The fourth-order valence-corrected chi connectivity index (χ4v) is 5.95. The van der Waals surface area contributed by atoms with Gasteiger partial charge in [-0.2, -0.15) is 26.3 Å². The van der Waals surface area contributed by atoms with Gasteiger partial charge < -0.3 is 19.3 Å². The average molecular weight is 738 g/mol. The van der Waals surface area contributed by atoms with E-state index in [2.05, 4.69) is 0 Å². The van der Waals surface area contributed by atoms with Gasteiger partial charge in [0.15, 0.2) is 0 Å². The summed E-state index contributed by atoms with van der Waals surface area (Å²) in [6.45, 7) is 1.09. The van der Waals surface area contributed by atoms with Gasteiger partial charge in [-0.1, -0.05) is 18.2 Å². The molecule has 0 unspecified atom stereocenters. The number of para-hydroxylation sites is 1. The molecule has 0 radical (unpaired) electrons. The molecule has 1 fully saturated rings. The van der Waals surface area contributed by atoms with Crippen LogP contribution in [0.3, 0.4) is 0 Å². The van der Waals surface area contributed by atoms with Gasteiger partial charge in [-0.25, -0.2) is 0 Å². The summed E-state index contributed by atoms with van der Waals surface area (Å²) in [7, 11) is 3.86. The maximum absolute atomic E-state index is 13.9. The second kappa shape index (κ2) is 15.6. The number of hydrogen-bond donors (Lipinski definition) is 0. The Morgan fingerprint density at radius 1 is 0.941 bits per heavy atom. The van der Waals surface area contributed by atoms with E-state index in [0.717, 1.165) is 16.5 Å². The van der Waals surface area contributed by atoms with E-state index in [1.165, 1.54) is 46.2 Å². The average Bonchev–Trinajstić information content (AvgIpc) is 3.42. The Morgan fingerprint density at radius 3 is 2.16 bits per heavy atom. The van der Waals surface area contributed by atoms with Gasteiger partial charge >= 0.3 is 12.4 Å². The molecule has 3 aromatic carbocycles. The summed E-state index contributed by atoms with van der Waals surface area (Å²) >= 11 is 0. The van der Waals surface area contributed by atoms with Crippen LogP contribution in [0.2, 0.25) is 0 Å². The van der Waals surface area contributed by atoms with Crippen LogP contribution in [0.1, 0.15) is 32.6 Å². The number of alkyl halides is 6. The van der Waals surface area contributed by atoms with Crippen LogP contribution in [0.4, 0.5) is 32.0 Å². The molecule has 272 valence electrons. The number of likely N-dealkylation sites (N-methyl/N-ethyl adjacent to an activating group) is 1. The Morgan fingerprint density at radius 2 is 1.57 bits per heavy atom. The van der Waals surface area contributed by atoms with Crippen molar-refractivity contribution in [2.75, 3.05) is 40.3 Å². The van der Waals surface area contributed by atoms with E-state index in [1.807, 2.05) is 54.0 Å². The molecule has 0 aliphatic carbocycles. The lowest BCUT2D eigenvalue weighted by Crippen LogP contribution is -2.57. The van der Waals surface area contributed by atoms with Crippen molar-refractivity contribution in [2.24, 2.45) is 0 Å². The maximum Gasteiger partial charge on any atom is 0.416 e. The van der Waals surface area contributed by atoms with Crippen molar-refractivity contribution in [3.63, 3.8) is 0 Å². The van der Waals surface area contributed by atoms with E-state index in [1.54, 1.807) is 0 Å². The standard InChI is InChI=1S/C35H33F6N5O4.ClH/c1-42(2)13-14-43-21-25(30-5-3-4-6-31(30)43)19-29-22-44(32(47)12-9-23-7-10-28(11-8-23)46(49)50)15-16-45(29)33(48)24-17-26(34(36,37)38)20-27(18-24)35(39,40)41;/h3-12,17-18,20-21,29H,13-16,19,22H2,1-2H3;1H/b12-9+;/t29-;/m1./s1. The number of nitro groups is 1. The van der Waals surface area contributed by atoms with Crippen LogP contribution in [0.25, 0.3) is 17.0 Å². The lowest BCUT2D eigenvalue weighted by atomic mass is 9.98. The molecular formula is C35H34ClF6N5O4. The maximum atomic E-state index is 13.9. The third-order valence-electron chi connectivity index (χ3n) is 8.53. The number of halogens is 7. The molecule has 1 aliphatic rings. The number of non-ortho nitro benzene ring substituents is 1. The van der Waals surface area contributed by atoms with Crippen molar-refractivity contribution >= 4 is 46.9 Å². The lowest BCUT2D eigenvalue weighted by Gasteiger charge is -2.41. The molecule has 0 spiro atoms. The van der Waals surface area contributed by atoms with Gasteiger partial charge in [-0.3, -0.25) is 19.7 Å². The summed E-state index contributed by atoms with van der Waals surface area (Å²) in [6, 6.07) is 13.1. The van der Waals surface area contributed by atoms with Crippen molar-refractivity contribution in [1.29, 1.82) is 0 Å². The fraction of sp³-hybridized carbons (Fsp3) is 0.314. The topological polar surface area (TPSA) is 91.9 Å². The highest BCUT2D eigenvalue weighted by molar-refractivity contribution is 5.96. The number of benzene rings is 3. The largest absolute Gasteiger partial charge is 0.416 e. The summed E-state index contributed by atoms with van der Waals surface area (Å²) in [5, 5.41) is 11.8. The highest BCUT2D eigenvalue weighted by atomic mass is 35.5. The van der Waals surface area contributed by atoms with E-state index >= 15 is 0 Å². The van der Waals surface area contributed by atoms with Crippen molar-refractivity contribution in [3.05, 3.63) is 117 Å². The first-order valence-electron chi connectivity index (χ1n) is 15.5. The summed E-state index contributed by atoms with van der Waals surface area (Å²) in [5.74, 6) is -1.47. The Kier molecular flexibility index (Phi) is 11.9. The molecule has 0 N–H and O–H groups in total. The smallest absolute Gasteiger partial charge is 0.346 e. The van der Waals surface area contributed by atoms with E-state index < -0.39 is 51.8 Å². The third-order valence-corrected chi connectivity index (χ3v) is 8.53. The van der Waals surface area contributed by atoms with Gasteiger partial charge in [-0.15, -0.1) is 12.4 Å². The van der Waals surface area contributed by atoms with Gasteiger partial charge in [0, 0.05) is 73.6 Å².